The maximum Gasteiger partial charge on any atom is 0.410 e. The van der Waals surface area contributed by atoms with Gasteiger partial charge in [0.2, 0.25) is 5.91 Å². The molecular formula is C23H27N5O5. The lowest BCUT2D eigenvalue weighted by atomic mass is 9.95. The molecule has 3 unspecified atom stereocenters. The number of nitrogens with two attached hydrogens (primary N) is 1. The summed E-state index contributed by atoms with van der Waals surface area (Å²) in [5.41, 5.74) is 7.64. The summed E-state index contributed by atoms with van der Waals surface area (Å²) < 4.78 is 5.43. The Morgan fingerprint density at radius 2 is 2.06 bits per heavy atom. The number of pyridine rings is 1. The van der Waals surface area contributed by atoms with Crippen LogP contribution in [0, 0.1) is 5.41 Å². The summed E-state index contributed by atoms with van der Waals surface area (Å²) >= 11 is 0. The Morgan fingerprint density at radius 3 is 2.67 bits per heavy atom. The summed E-state index contributed by atoms with van der Waals surface area (Å²) in [4.78, 5) is 41.7. The number of ether oxygens (including phenoxy) is 1. The van der Waals surface area contributed by atoms with Crippen LogP contribution in [0.4, 0.5) is 4.79 Å². The molecule has 1 aromatic carbocycles. The molecule has 2 amide bonds. The number of rotatable bonds is 9. The fraction of sp³-hybridized carbons (Fsp3) is 0.348. The van der Waals surface area contributed by atoms with Crippen molar-refractivity contribution in [3.63, 3.8) is 0 Å². The van der Waals surface area contributed by atoms with Gasteiger partial charge in [-0.3, -0.25) is 20.0 Å². The number of nitrogens with zero attached hydrogens (tertiary/aromatic N) is 2. The van der Waals surface area contributed by atoms with Gasteiger partial charge < -0.3 is 25.8 Å². The number of carboxylic acid groups (broad SMARTS) is 1. The van der Waals surface area contributed by atoms with Crippen LogP contribution in [-0.2, 0) is 14.3 Å². The fourth-order valence-corrected chi connectivity index (χ4v) is 3.81. The van der Waals surface area contributed by atoms with E-state index in [9.17, 15) is 14.4 Å². The van der Waals surface area contributed by atoms with Gasteiger partial charge in [-0.05, 0) is 23.6 Å². The molecule has 33 heavy (non-hydrogen) atoms. The number of amidine groups is 1. The molecule has 0 bridgehead atoms. The minimum atomic E-state index is -0.957. The van der Waals surface area contributed by atoms with E-state index < -0.39 is 24.2 Å². The van der Waals surface area contributed by atoms with Crippen LogP contribution in [0.15, 0.2) is 48.8 Å². The molecule has 5 N–H and O–H groups in total. The van der Waals surface area contributed by atoms with Crippen LogP contribution in [0.5, 0.6) is 0 Å². The predicted molar refractivity (Wildman–Crippen MR) is 119 cm³/mol. The smallest absolute Gasteiger partial charge is 0.410 e. The third kappa shape index (κ3) is 6.28. The largest absolute Gasteiger partial charge is 0.481 e. The molecule has 1 aliphatic heterocycles. The molecule has 174 valence electrons. The van der Waals surface area contributed by atoms with Crippen molar-refractivity contribution in [1.82, 2.24) is 15.2 Å². The van der Waals surface area contributed by atoms with E-state index in [-0.39, 0.29) is 37.0 Å². The van der Waals surface area contributed by atoms with Crippen molar-refractivity contribution < 1.29 is 24.2 Å². The van der Waals surface area contributed by atoms with Crippen LogP contribution in [-0.4, -0.2) is 51.9 Å². The number of carboxylic acids is 1. The summed E-state index contributed by atoms with van der Waals surface area (Å²) in [6.07, 6.45) is 2.47. The molecular weight excluding hydrogens is 426 g/mol. The quantitative estimate of drug-likeness (QED) is 0.335. The summed E-state index contributed by atoms with van der Waals surface area (Å²) in [7, 11) is 1.63. The first-order valence-corrected chi connectivity index (χ1v) is 10.5. The van der Waals surface area contributed by atoms with Gasteiger partial charge >= 0.3 is 12.1 Å². The molecule has 1 aromatic heterocycles. The number of nitrogen functional groups attached to an aromatic ring is 1. The Balaban J connectivity index is 1.68. The molecule has 1 fully saturated rings. The molecule has 2 aromatic rings. The van der Waals surface area contributed by atoms with Crippen LogP contribution >= 0.6 is 0 Å². The van der Waals surface area contributed by atoms with Gasteiger partial charge in [-0.2, -0.15) is 0 Å². The van der Waals surface area contributed by atoms with E-state index in [1.54, 1.807) is 55.8 Å². The average molecular weight is 453 g/mol. The number of hydrogen-bond acceptors (Lipinski definition) is 6. The van der Waals surface area contributed by atoms with Crippen molar-refractivity contribution in [2.24, 2.45) is 5.73 Å². The molecule has 3 rings (SSSR count). The lowest BCUT2D eigenvalue weighted by Gasteiger charge is -2.37. The second kappa shape index (κ2) is 10.6. The first-order valence-electron chi connectivity index (χ1n) is 10.5. The van der Waals surface area contributed by atoms with Gasteiger partial charge in [-0.1, -0.05) is 30.3 Å². The van der Waals surface area contributed by atoms with E-state index in [0.717, 1.165) is 5.56 Å². The van der Waals surface area contributed by atoms with Crippen molar-refractivity contribution in [1.29, 1.82) is 5.41 Å². The fourth-order valence-electron chi connectivity index (χ4n) is 3.81. The number of hydrogen-bond donors (Lipinski definition) is 4. The van der Waals surface area contributed by atoms with Crippen LogP contribution in [0.2, 0.25) is 0 Å². The molecule has 0 radical (unpaired) electrons. The maximum absolute atomic E-state index is 12.8. The molecule has 10 nitrogen and oxygen atoms in total. The summed E-state index contributed by atoms with van der Waals surface area (Å²) in [5, 5.41) is 19.4. The Morgan fingerprint density at radius 1 is 1.33 bits per heavy atom. The Bertz CT molecular complexity index is 1010. The molecule has 1 saturated heterocycles. The highest BCUT2D eigenvalue weighted by molar-refractivity contribution is 5.94. The van der Waals surface area contributed by atoms with Crippen molar-refractivity contribution in [3.05, 3.63) is 65.5 Å². The second-order valence-corrected chi connectivity index (χ2v) is 7.95. The van der Waals surface area contributed by atoms with Crippen molar-refractivity contribution in [2.75, 3.05) is 7.05 Å². The Hall–Kier alpha value is -3.95. The number of benzene rings is 1. The minimum Gasteiger partial charge on any atom is -0.481 e. The predicted octanol–water partition coefficient (Wildman–Crippen LogP) is 2.36. The third-order valence-corrected chi connectivity index (χ3v) is 5.60. The van der Waals surface area contributed by atoms with Crippen LogP contribution < -0.4 is 11.1 Å². The van der Waals surface area contributed by atoms with Gasteiger partial charge in [0.25, 0.3) is 0 Å². The molecule has 10 heteroatoms. The Labute approximate surface area is 191 Å². The summed E-state index contributed by atoms with van der Waals surface area (Å²) in [6, 6.07) is 9.72. The molecule has 0 saturated carbocycles. The zero-order chi connectivity index (χ0) is 24.0. The summed E-state index contributed by atoms with van der Waals surface area (Å²) in [6.45, 7) is 0. The first kappa shape index (κ1) is 23.7. The van der Waals surface area contributed by atoms with Gasteiger partial charge in [-0.25, -0.2) is 4.79 Å². The van der Waals surface area contributed by atoms with Gasteiger partial charge in [0.05, 0.1) is 18.5 Å². The molecule has 2 heterocycles. The average Bonchev–Trinajstić information content (AvgIpc) is 2.79. The lowest BCUT2D eigenvalue weighted by Crippen LogP contribution is -2.43. The highest BCUT2D eigenvalue weighted by Gasteiger charge is 2.35. The lowest BCUT2D eigenvalue weighted by molar-refractivity contribution is -0.137. The highest BCUT2D eigenvalue weighted by atomic mass is 16.6. The number of cyclic esters (lactones) is 1. The van der Waals surface area contributed by atoms with E-state index in [2.05, 4.69) is 10.3 Å². The molecule has 1 aliphatic rings. The SMILES string of the molecule is CN1C(=O)OC(CC(=O)NC(CCC(=O)O)c2cccnc2)CC1c1ccc(C(=N)N)cc1. The first-order chi connectivity index (χ1) is 15.7. The number of carbonyl (C=O) groups excluding carboxylic acids is 2. The van der Waals surface area contributed by atoms with E-state index in [4.69, 9.17) is 21.0 Å². The van der Waals surface area contributed by atoms with Gasteiger partial charge in [-0.15, -0.1) is 0 Å². The van der Waals surface area contributed by atoms with Crippen LogP contribution in [0.3, 0.4) is 0 Å². The number of amides is 2. The number of aliphatic carboxylic acids is 1. The molecule has 0 aliphatic carbocycles. The summed E-state index contributed by atoms with van der Waals surface area (Å²) in [5.74, 6) is -1.35. The maximum atomic E-state index is 12.8. The number of nitrogens with one attached hydrogen (secondary N) is 2. The minimum absolute atomic E-state index is 0.0430. The van der Waals surface area contributed by atoms with Crippen molar-refractivity contribution in [2.45, 2.75) is 43.9 Å². The zero-order valence-corrected chi connectivity index (χ0v) is 18.2. The number of aromatic nitrogens is 1. The van der Waals surface area contributed by atoms with E-state index in [1.165, 1.54) is 4.90 Å². The second-order valence-electron chi connectivity index (χ2n) is 7.95. The van der Waals surface area contributed by atoms with Crippen molar-refractivity contribution >= 4 is 23.8 Å². The van der Waals surface area contributed by atoms with E-state index in [0.29, 0.717) is 17.5 Å². The van der Waals surface area contributed by atoms with Crippen LogP contribution in [0.25, 0.3) is 0 Å². The third-order valence-electron chi connectivity index (χ3n) is 5.60. The number of carbonyl (C=O) groups is 3. The van der Waals surface area contributed by atoms with Gasteiger partial charge in [0.15, 0.2) is 0 Å². The zero-order valence-electron chi connectivity index (χ0n) is 18.2. The van der Waals surface area contributed by atoms with E-state index in [1.807, 2.05) is 0 Å². The molecule has 0 spiro atoms. The molecule has 3 atom stereocenters. The monoisotopic (exact) mass is 453 g/mol. The normalized spacial score (nSPS) is 18.8. The highest BCUT2D eigenvalue weighted by Crippen LogP contribution is 2.32. The van der Waals surface area contributed by atoms with Crippen molar-refractivity contribution in [3.8, 4) is 0 Å². The van der Waals surface area contributed by atoms with Gasteiger partial charge in [0, 0.05) is 37.8 Å². The van der Waals surface area contributed by atoms with E-state index >= 15 is 0 Å². The standard InChI is InChI=1S/C23H27N5O5/c1-28-19(14-4-6-15(7-5-14)22(24)25)11-17(33-23(28)32)12-20(29)27-18(8-9-21(30)31)16-3-2-10-26-13-16/h2-7,10,13,17-19H,8-9,11-12H2,1H3,(H3,24,25)(H,27,29)(H,30,31). The van der Waals surface area contributed by atoms with Crippen LogP contribution in [0.1, 0.15) is 54.5 Å². The Kier molecular flexibility index (Phi) is 7.60. The van der Waals surface area contributed by atoms with Gasteiger partial charge in [0.1, 0.15) is 11.9 Å². The topological polar surface area (TPSA) is 159 Å².